The Balaban J connectivity index is 1.24. The second-order valence-electron chi connectivity index (χ2n) is 7.61. The highest BCUT2D eigenvalue weighted by Gasteiger charge is 2.25. The van der Waals surface area contributed by atoms with Crippen molar-refractivity contribution in [1.29, 1.82) is 0 Å². The van der Waals surface area contributed by atoms with Crippen LogP contribution in [0.25, 0.3) is 10.8 Å². The molecule has 7 heteroatoms. The van der Waals surface area contributed by atoms with E-state index in [1.165, 1.54) is 0 Å². The zero-order valence-electron chi connectivity index (χ0n) is 17.7. The summed E-state index contributed by atoms with van der Waals surface area (Å²) in [4.78, 5) is 40.8. The molecule has 32 heavy (non-hydrogen) atoms. The summed E-state index contributed by atoms with van der Waals surface area (Å²) in [5.41, 5.74) is 1.55. The smallest absolute Gasteiger partial charge is 0.407 e. The van der Waals surface area contributed by atoms with Gasteiger partial charge in [-0.2, -0.15) is 0 Å². The Bertz CT molecular complexity index is 1100. The first-order valence-corrected chi connectivity index (χ1v) is 10.6. The number of nitrogens with zero attached hydrogens (tertiary/aromatic N) is 2. The predicted octanol–water partition coefficient (Wildman–Crippen LogP) is 3.05. The second-order valence-corrected chi connectivity index (χ2v) is 7.61. The van der Waals surface area contributed by atoms with Crippen molar-refractivity contribution < 1.29 is 19.1 Å². The lowest BCUT2D eigenvalue weighted by atomic mass is 10.0. The van der Waals surface area contributed by atoms with E-state index in [0.717, 1.165) is 16.3 Å². The van der Waals surface area contributed by atoms with Crippen molar-refractivity contribution in [3.63, 3.8) is 0 Å². The average molecular weight is 431 g/mol. The number of hydrogen-bond donors (Lipinski definition) is 1. The standard InChI is InChI=1S/C25H25N3O4/c29-23(17-26-25(31)32-18-19-7-2-1-3-8-19)27-13-15-28(16-14-27)24(30)22-12-6-10-20-9-4-5-11-21(20)22/h1-12H,13-18H2,(H,26,31). The van der Waals surface area contributed by atoms with Crippen molar-refractivity contribution >= 4 is 28.7 Å². The van der Waals surface area contributed by atoms with Gasteiger partial charge in [0, 0.05) is 31.7 Å². The maximum Gasteiger partial charge on any atom is 0.407 e. The number of piperazine rings is 1. The first-order valence-electron chi connectivity index (χ1n) is 10.6. The summed E-state index contributed by atoms with van der Waals surface area (Å²) in [6.07, 6.45) is -0.632. The number of carbonyl (C=O) groups excluding carboxylic acids is 3. The third-order valence-corrected chi connectivity index (χ3v) is 5.54. The van der Waals surface area contributed by atoms with Crippen molar-refractivity contribution in [3.8, 4) is 0 Å². The molecule has 0 aromatic heterocycles. The Hall–Kier alpha value is -3.87. The molecule has 0 aliphatic carbocycles. The van der Waals surface area contributed by atoms with E-state index < -0.39 is 6.09 Å². The lowest BCUT2D eigenvalue weighted by Gasteiger charge is -2.35. The highest BCUT2D eigenvalue weighted by Crippen LogP contribution is 2.20. The summed E-state index contributed by atoms with van der Waals surface area (Å²) in [5.74, 6) is -0.226. The molecule has 3 aromatic carbocycles. The molecular weight excluding hydrogens is 406 g/mol. The van der Waals surface area contributed by atoms with E-state index in [9.17, 15) is 14.4 Å². The van der Waals surface area contributed by atoms with Gasteiger partial charge in [0.2, 0.25) is 5.91 Å². The van der Waals surface area contributed by atoms with E-state index in [1.807, 2.05) is 72.8 Å². The Morgan fingerprint density at radius 3 is 2.22 bits per heavy atom. The minimum atomic E-state index is -0.632. The van der Waals surface area contributed by atoms with Gasteiger partial charge in [0.05, 0.1) is 0 Å². The topological polar surface area (TPSA) is 79.0 Å². The molecule has 0 unspecified atom stereocenters. The summed E-state index contributed by atoms with van der Waals surface area (Å²) >= 11 is 0. The quantitative estimate of drug-likeness (QED) is 0.674. The van der Waals surface area contributed by atoms with Crippen LogP contribution in [-0.2, 0) is 16.1 Å². The highest BCUT2D eigenvalue weighted by atomic mass is 16.5. The number of fused-ring (bicyclic) bond motifs is 1. The monoisotopic (exact) mass is 431 g/mol. The number of carbonyl (C=O) groups is 3. The van der Waals surface area contributed by atoms with Gasteiger partial charge >= 0.3 is 6.09 Å². The number of hydrogen-bond acceptors (Lipinski definition) is 4. The van der Waals surface area contributed by atoms with Gasteiger partial charge in [-0.15, -0.1) is 0 Å². The van der Waals surface area contributed by atoms with Crippen LogP contribution in [0.3, 0.4) is 0 Å². The van der Waals surface area contributed by atoms with Crippen LogP contribution in [0.1, 0.15) is 15.9 Å². The Labute approximate surface area is 186 Å². The summed E-state index contributed by atoms with van der Waals surface area (Å²) in [7, 11) is 0. The molecule has 0 saturated carbocycles. The predicted molar refractivity (Wildman–Crippen MR) is 121 cm³/mol. The fourth-order valence-corrected chi connectivity index (χ4v) is 3.77. The van der Waals surface area contributed by atoms with Crippen LogP contribution in [0.15, 0.2) is 72.8 Å². The molecule has 0 atom stereocenters. The van der Waals surface area contributed by atoms with E-state index >= 15 is 0 Å². The van der Waals surface area contributed by atoms with Crippen LogP contribution in [0.5, 0.6) is 0 Å². The number of rotatable bonds is 5. The molecular formula is C25H25N3O4. The molecule has 3 amide bonds. The van der Waals surface area contributed by atoms with E-state index in [-0.39, 0.29) is 25.0 Å². The summed E-state index contributed by atoms with van der Waals surface area (Å²) in [6, 6.07) is 22.9. The van der Waals surface area contributed by atoms with Crippen LogP contribution in [0, 0.1) is 0 Å². The largest absolute Gasteiger partial charge is 0.445 e. The minimum absolute atomic E-state index is 0.0310. The second kappa shape index (κ2) is 9.96. The maximum atomic E-state index is 13.0. The van der Waals surface area contributed by atoms with Crippen molar-refractivity contribution in [3.05, 3.63) is 83.9 Å². The van der Waals surface area contributed by atoms with E-state index in [4.69, 9.17) is 4.74 Å². The summed E-state index contributed by atoms with van der Waals surface area (Å²) in [5, 5.41) is 4.45. The third-order valence-electron chi connectivity index (χ3n) is 5.54. The highest BCUT2D eigenvalue weighted by molar-refractivity contribution is 6.07. The molecule has 0 bridgehead atoms. The zero-order chi connectivity index (χ0) is 22.3. The minimum Gasteiger partial charge on any atom is -0.445 e. The van der Waals surface area contributed by atoms with E-state index in [1.54, 1.807) is 9.80 Å². The first kappa shape index (κ1) is 21.4. The van der Waals surface area contributed by atoms with Crippen LogP contribution >= 0.6 is 0 Å². The number of alkyl carbamates (subject to hydrolysis) is 1. The zero-order valence-corrected chi connectivity index (χ0v) is 17.7. The van der Waals surface area contributed by atoms with E-state index in [0.29, 0.717) is 31.7 Å². The number of nitrogens with one attached hydrogen (secondary N) is 1. The molecule has 1 N–H and O–H groups in total. The lowest BCUT2D eigenvalue weighted by Crippen LogP contribution is -2.52. The van der Waals surface area contributed by atoms with E-state index in [2.05, 4.69) is 5.32 Å². The van der Waals surface area contributed by atoms with Gasteiger partial charge in [0.25, 0.3) is 5.91 Å². The van der Waals surface area contributed by atoms with Crippen LogP contribution < -0.4 is 5.32 Å². The number of benzene rings is 3. The van der Waals surface area contributed by atoms with Gasteiger partial charge < -0.3 is 19.9 Å². The molecule has 1 fully saturated rings. The molecule has 1 aliphatic heterocycles. The molecule has 1 saturated heterocycles. The molecule has 1 heterocycles. The maximum absolute atomic E-state index is 13.0. The molecule has 0 spiro atoms. The van der Waals surface area contributed by atoms with Gasteiger partial charge in [-0.3, -0.25) is 9.59 Å². The normalized spacial score (nSPS) is 13.6. The molecule has 3 aromatic rings. The molecule has 164 valence electrons. The van der Waals surface area contributed by atoms with Crippen LogP contribution in [0.2, 0.25) is 0 Å². The molecule has 4 rings (SSSR count). The number of amides is 3. The molecule has 7 nitrogen and oxygen atoms in total. The lowest BCUT2D eigenvalue weighted by molar-refractivity contribution is -0.131. The first-order chi connectivity index (χ1) is 15.6. The van der Waals surface area contributed by atoms with Crippen LogP contribution in [-0.4, -0.2) is 60.4 Å². The summed E-state index contributed by atoms with van der Waals surface area (Å²) < 4.78 is 5.12. The molecule has 0 radical (unpaired) electrons. The number of ether oxygens (including phenoxy) is 1. The molecule has 1 aliphatic rings. The fourth-order valence-electron chi connectivity index (χ4n) is 3.77. The van der Waals surface area contributed by atoms with Crippen molar-refractivity contribution in [2.75, 3.05) is 32.7 Å². The van der Waals surface area contributed by atoms with Crippen molar-refractivity contribution in [2.45, 2.75) is 6.61 Å². The van der Waals surface area contributed by atoms with Crippen molar-refractivity contribution in [2.24, 2.45) is 0 Å². The third kappa shape index (κ3) is 5.06. The van der Waals surface area contributed by atoms with Gasteiger partial charge in [0.15, 0.2) is 0 Å². The van der Waals surface area contributed by atoms with Crippen LogP contribution in [0.4, 0.5) is 4.79 Å². The Morgan fingerprint density at radius 1 is 0.781 bits per heavy atom. The Morgan fingerprint density at radius 2 is 1.44 bits per heavy atom. The SMILES string of the molecule is O=C(NCC(=O)N1CCN(C(=O)c2cccc3ccccc23)CC1)OCc1ccccc1. The van der Waals surface area contributed by atoms with Crippen molar-refractivity contribution in [1.82, 2.24) is 15.1 Å². The van der Waals surface area contributed by atoms with Gasteiger partial charge in [-0.05, 0) is 22.4 Å². The van der Waals surface area contributed by atoms with Gasteiger partial charge in [-0.1, -0.05) is 66.7 Å². The fraction of sp³-hybridized carbons (Fsp3) is 0.240. The summed E-state index contributed by atoms with van der Waals surface area (Å²) in [6.45, 7) is 1.77. The Kier molecular flexibility index (Phi) is 6.65. The average Bonchev–Trinajstić information content (AvgIpc) is 2.86. The van der Waals surface area contributed by atoms with Gasteiger partial charge in [0.1, 0.15) is 13.2 Å². The van der Waals surface area contributed by atoms with Gasteiger partial charge in [-0.25, -0.2) is 4.79 Å².